The number of hydrogen-bond donors (Lipinski definition) is 2. The summed E-state index contributed by atoms with van der Waals surface area (Å²) < 4.78 is 0. The molecule has 2 N–H and O–H groups in total. The smallest absolute Gasteiger partial charge is 0.237 e. The molecule has 86 valence electrons. The molecule has 1 saturated carbocycles. The van der Waals surface area contributed by atoms with Gasteiger partial charge in [-0.05, 0) is 51.5 Å². The first-order valence-electron chi connectivity index (χ1n) is 6.06. The Morgan fingerprint density at radius 2 is 2.00 bits per heavy atom. The minimum Gasteiger partial charge on any atom is -0.350 e. The molecule has 0 aromatic rings. The monoisotopic (exact) mass is 210 g/mol. The largest absolute Gasteiger partial charge is 0.350 e. The van der Waals surface area contributed by atoms with Crippen LogP contribution < -0.4 is 10.6 Å². The molecule has 2 aliphatic rings. The Balaban J connectivity index is 1.90. The third-order valence-corrected chi connectivity index (χ3v) is 3.86. The van der Waals surface area contributed by atoms with Crippen molar-refractivity contribution >= 4 is 5.91 Å². The van der Waals surface area contributed by atoms with Gasteiger partial charge in [0, 0.05) is 5.54 Å². The van der Waals surface area contributed by atoms with E-state index < -0.39 is 0 Å². The van der Waals surface area contributed by atoms with E-state index >= 15 is 0 Å². The van der Waals surface area contributed by atoms with Gasteiger partial charge in [0.2, 0.25) is 5.91 Å². The molecule has 0 aromatic carbocycles. The topological polar surface area (TPSA) is 41.1 Å². The van der Waals surface area contributed by atoms with Gasteiger partial charge in [-0.3, -0.25) is 4.79 Å². The predicted octanol–water partition coefficient (Wildman–Crippen LogP) is 1.29. The Hall–Kier alpha value is -0.570. The van der Waals surface area contributed by atoms with Gasteiger partial charge in [-0.15, -0.1) is 0 Å². The summed E-state index contributed by atoms with van der Waals surface area (Å²) in [4.78, 5) is 12.0. The summed E-state index contributed by atoms with van der Waals surface area (Å²) in [5.41, 5.74) is -0.0128. The van der Waals surface area contributed by atoms with Crippen LogP contribution in [0.3, 0.4) is 0 Å². The second-order valence-electron chi connectivity index (χ2n) is 5.68. The van der Waals surface area contributed by atoms with E-state index in [1.165, 1.54) is 12.8 Å². The third kappa shape index (κ3) is 2.33. The van der Waals surface area contributed by atoms with Crippen molar-refractivity contribution in [1.82, 2.24) is 10.6 Å². The molecule has 1 aliphatic heterocycles. The van der Waals surface area contributed by atoms with Crippen LogP contribution in [0.4, 0.5) is 0 Å². The summed E-state index contributed by atoms with van der Waals surface area (Å²) in [6, 6.07) is 0.0306. The zero-order valence-electron chi connectivity index (χ0n) is 9.97. The first kappa shape index (κ1) is 10.9. The molecule has 15 heavy (non-hydrogen) atoms. The van der Waals surface area contributed by atoms with Gasteiger partial charge in [-0.25, -0.2) is 0 Å². The minimum atomic E-state index is -0.0128. The number of amides is 1. The molecule has 0 bridgehead atoms. The molecule has 1 amide bonds. The maximum Gasteiger partial charge on any atom is 0.237 e. The SMILES string of the molecule is CC1CCNC1C(=O)NC(C)(C)C1CC1. The second-order valence-corrected chi connectivity index (χ2v) is 5.68. The summed E-state index contributed by atoms with van der Waals surface area (Å²) >= 11 is 0. The zero-order valence-corrected chi connectivity index (χ0v) is 9.97. The van der Waals surface area contributed by atoms with E-state index in [9.17, 15) is 4.79 Å². The highest BCUT2D eigenvalue weighted by Gasteiger charge is 2.40. The molecule has 0 spiro atoms. The van der Waals surface area contributed by atoms with E-state index in [-0.39, 0.29) is 17.5 Å². The maximum atomic E-state index is 12.0. The van der Waals surface area contributed by atoms with Gasteiger partial charge >= 0.3 is 0 Å². The van der Waals surface area contributed by atoms with Crippen molar-refractivity contribution in [1.29, 1.82) is 0 Å². The maximum absolute atomic E-state index is 12.0. The molecule has 0 aromatic heterocycles. The van der Waals surface area contributed by atoms with Gasteiger partial charge in [0.15, 0.2) is 0 Å². The van der Waals surface area contributed by atoms with E-state index in [0.29, 0.717) is 11.8 Å². The van der Waals surface area contributed by atoms with E-state index in [1.54, 1.807) is 0 Å². The van der Waals surface area contributed by atoms with Crippen LogP contribution in [0, 0.1) is 11.8 Å². The Kier molecular flexibility index (Phi) is 2.75. The Morgan fingerprint density at radius 1 is 1.33 bits per heavy atom. The van der Waals surface area contributed by atoms with Crippen LogP contribution in [-0.4, -0.2) is 24.0 Å². The first-order chi connectivity index (χ1) is 7.00. The highest BCUT2D eigenvalue weighted by Crippen LogP contribution is 2.39. The average molecular weight is 210 g/mol. The number of nitrogens with one attached hydrogen (secondary N) is 2. The van der Waals surface area contributed by atoms with Crippen LogP contribution in [-0.2, 0) is 4.79 Å². The van der Waals surface area contributed by atoms with Gasteiger partial charge < -0.3 is 10.6 Å². The molecule has 1 saturated heterocycles. The van der Waals surface area contributed by atoms with Crippen molar-refractivity contribution in [2.24, 2.45) is 11.8 Å². The van der Waals surface area contributed by atoms with Crippen molar-refractivity contribution in [2.75, 3.05) is 6.54 Å². The van der Waals surface area contributed by atoms with Gasteiger partial charge in [0.1, 0.15) is 0 Å². The lowest BCUT2D eigenvalue weighted by Gasteiger charge is -2.28. The zero-order chi connectivity index (χ0) is 11.1. The standard InChI is InChI=1S/C12H22N2O/c1-8-6-7-13-10(8)11(15)14-12(2,3)9-4-5-9/h8-10,13H,4-7H2,1-3H3,(H,14,15). The summed E-state index contributed by atoms with van der Waals surface area (Å²) in [6.07, 6.45) is 3.64. The molecule has 0 radical (unpaired) electrons. The number of rotatable bonds is 3. The molecule has 3 heteroatoms. The van der Waals surface area contributed by atoms with E-state index in [2.05, 4.69) is 31.4 Å². The highest BCUT2D eigenvalue weighted by atomic mass is 16.2. The van der Waals surface area contributed by atoms with Crippen molar-refractivity contribution in [3.05, 3.63) is 0 Å². The molecular formula is C12H22N2O. The van der Waals surface area contributed by atoms with Crippen LogP contribution in [0.15, 0.2) is 0 Å². The Morgan fingerprint density at radius 3 is 2.47 bits per heavy atom. The molecule has 2 fully saturated rings. The summed E-state index contributed by atoms with van der Waals surface area (Å²) in [7, 11) is 0. The predicted molar refractivity (Wildman–Crippen MR) is 60.5 cm³/mol. The van der Waals surface area contributed by atoms with Crippen LogP contribution in [0.5, 0.6) is 0 Å². The first-order valence-corrected chi connectivity index (χ1v) is 6.06. The average Bonchev–Trinajstić information content (AvgIpc) is 2.89. The number of hydrogen-bond acceptors (Lipinski definition) is 2. The quantitative estimate of drug-likeness (QED) is 0.737. The highest BCUT2D eigenvalue weighted by molar-refractivity contribution is 5.83. The fourth-order valence-corrected chi connectivity index (χ4v) is 2.49. The van der Waals surface area contributed by atoms with E-state index in [1.807, 2.05) is 0 Å². The fourth-order valence-electron chi connectivity index (χ4n) is 2.49. The lowest BCUT2D eigenvalue weighted by Crippen LogP contribution is -2.52. The van der Waals surface area contributed by atoms with Gasteiger partial charge in [-0.1, -0.05) is 6.92 Å². The van der Waals surface area contributed by atoms with Crippen LogP contribution in [0.1, 0.15) is 40.0 Å². The summed E-state index contributed by atoms with van der Waals surface area (Å²) in [5.74, 6) is 1.36. The van der Waals surface area contributed by atoms with Gasteiger partial charge in [0.25, 0.3) is 0 Å². The van der Waals surface area contributed by atoms with Crippen molar-refractivity contribution < 1.29 is 4.79 Å². The van der Waals surface area contributed by atoms with E-state index in [0.717, 1.165) is 13.0 Å². The number of carbonyl (C=O) groups is 1. The van der Waals surface area contributed by atoms with Gasteiger partial charge in [0.05, 0.1) is 6.04 Å². The molecular weight excluding hydrogens is 188 g/mol. The lowest BCUT2D eigenvalue weighted by atomic mass is 9.96. The fraction of sp³-hybridized carbons (Fsp3) is 0.917. The summed E-state index contributed by atoms with van der Waals surface area (Å²) in [6.45, 7) is 7.40. The molecule has 2 atom stereocenters. The normalized spacial score (nSPS) is 31.7. The molecule has 1 heterocycles. The van der Waals surface area contributed by atoms with Crippen LogP contribution in [0.25, 0.3) is 0 Å². The summed E-state index contributed by atoms with van der Waals surface area (Å²) in [5, 5.41) is 6.47. The van der Waals surface area contributed by atoms with Crippen LogP contribution >= 0.6 is 0 Å². The van der Waals surface area contributed by atoms with Crippen molar-refractivity contribution in [3.63, 3.8) is 0 Å². The lowest BCUT2D eigenvalue weighted by molar-refractivity contribution is -0.125. The van der Waals surface area contributed by atoms with Crippen LogP contribution in [0.2, 0.25) is 0 Å². The molecule has 2 unspecified atom stereocenters. The molecule has 2 rings (SSSR count). The van der Waals surface area contributed by atoms with Gasteiger partial charge in [-0.2, -0.15) is 0 Å². The third-order valence-electron chi connectivity index (χ3n) is 3.86. The minimum absolute atomic E-state index is 0.0128. The Labute approximate surface area is 92.0 Å². The Bertz CT molecular complexity index is 258. The van der Waals surface area contributed by atoms with Crippen molar-refractivity contribution in [3.8, 4) is 0 Å². The molecule has 3 nitrogen and oxygen atoms in total. The number of carbonyl (C=O) groups excluding carboxylic acids is 1. The molecule has 1 aliphatic carbocycles. The second kappa shape index (κ2) is 3.78. The van der Waals surface area contributed by atoms with E-state index in [4.69, 9.17) is 0 Å². The van der Waals surface area contributed by atoms with Crippen molar-refractivity contribution in [2.45, 2.75) is 51.6 Å².